The van der Waals surface area contributed by atoms with Gasteiger partial charge in [0.25, 0.3) is 0 Å². The van der Waals surface area contributed by atoms with Crippen LogP contribution in [-0.2, 0) is 16.3 Å². The maximum Gasteiger partial charge on any atom is 0.175 e. The summed E-state index contributed by atoms with van der Waals surface area (Å²) in [6.45, 7) is 0. The van der Waals surface area contributed by atoms with Gasteiger partial charge in [-0.3, -0.25) is 4.79 Å². The molecule has 0 aliphatic rings. The summed E-state index contributed by atoms with van der Waals surface area (Å²) in [5.41, 5.74) is 0.521. The lowest BCUT2D eigenvalue weighted by atomic mass is 10.1. The zero-order chi connectivity index (χ0) is 14.0. The summed E-state index contributed by atoms with van der Waals surface area (Å²) >= 11 is 4.90. The molecule has 0 aliphatic heterocycles. The van der Waals surface area contributed by atoms with Crippen molar-refractivity contribution >= 4 is 42.9 Å². The number of Topliss-reactive ketones (excluding diaryl/α,β-unsaturated/α-hetero) is 1. The van der Waals surface area contributed by atoms with E-state index in [2.05, 4.69) is 15.9 Å². The van der Waals surface area contributed by atoms with Crippen molar-refractivity contribution in [2.45, 2.75) is 11.3 Å². The predicted molar refractivity (Wildman–Crippen MR) is 79.6 cm³/mol. The summed E-state index contributed by atoms with van der Waals surface area (Å²) in [6, 6.07) is 7.94. The monoisotopic (exact) mass is 358 g/mol. The van der Waals surface area contributed by atoms with Crippen LogP contribution < -0.4 is 0 Å². The van der Waals surface area contributed by atoms with Gasteiger partial charge < -0.3 is 0 Å². The van der Waals surface area contributed by atoms with E-state index in [1.165, 1.54) is 23.5 Å². The summed E-state index contributed by atoms with van der Waals surface area (Å²) in [5.74, 6) is -0.0248. The first-order valence-electron chi connectivity index (χ1n) is 5.43. The number of halogens is 1. The van der Waals surface area contributed by atoms with Gasteiger partial charge in [-0.1, -0.05) is 12.1 Å². The number of rotatable bonds is 4. The Morgan fingerprint density at radius 3 is 2.32 bits per heavy atom. The van der Waals surface area contributed by atoms with Gasteiger partial charge in [-0.25, -0.2) is 8.42 Å². The Morgan fingerprint density at radius 2 is 1.84 bits per heavy atom. The predicted octanol–water partition coefficient (Wildman–Crippen LogP) is 3.34. The summed E-state index contributed by atoms with van der Waals surface area (Å²) in [5, 5.41) is 1.92. The molecule has 6 heteroatoms. The van der Waals surface area contributed by atoms with Crippen molar-refractivity contribution in [2.75, 3.05) is 6.26 Å². The van der Waals surface area contributed by atoms with Gasteiger partial charge in [0, 0.05) is 27.6 Å². The number of carbonyl (C=O) groups is 1. The minimum absolute atomic E-state index is 0.0248. The number of sulfone groups is 1. The van der Waals surface area contributed by atoms with Crippen molar-refractivity contribution in [3.8, 4) is 0 Å². The van der Waals surface area contributed by atoms with Crippen LogP contribution >= 0.6 is 27.3 Å². The average molecular weight is 359 g/mol. The van der Waals surface area contributed by atoms with Crippen LogP contribution in [0.15, 0.2) is 45.1 Å². The first-order valence-corrected chi connectivity index (χ1v) is 8.99. The quantitative estimate of drug-likeness (QED) is 0.787. The van der Waals surface area contributed by atoms with E-state index in [1.807, 2.05) is 11.4 Å². The van der Waals surface area contributed by atoms with Crippen molar-refractivity contribution < 1.29 is 13.2 Å². The van der Waals surface area contributed by atoms with Gasteiger partial charge in [-0.05, 0) is 39.5 Å². The molecule has 2 rings (SSSR count). The third kappa shape index (κ3) is 3.52. The van der Waals surface area contributed by atoms with Gasteiger partial charge in [0.15, 0.2) is 15.6 Å². The van der Waals surface area contributed by atoms with E-state index in [9.17, 15) is 13.2 Å². The van der Waals surface area contributed by atoms with Gasteiger partial charge in [0.2, 0.25) is 0 Å². The van der Waals surface area contributed by atoms with Crippen LogP contribution in [0.5, 0.6) is 0 Å². The zero-order valence-electron chi connectivity index (χ0n) is 10.1. The lowest BCUT2D eigenvalue weighted by molar-refractivity contribution is 0.0993. The maximum absolute atomic E-state index is 12.1. The molecule has 0 saturated heterocycles. The van der Waals surface area contributed by atoms with Crippen molar-refractivity contribution in [2.24, 2.45) is 0 Å². The Morgan fingerprint density at radius 1 is 1.21 bits per heavy atom. The zero-order valence-corrected chi connectivity index (χ0v) is 13.3. The van der Waals surface area contributed by atoms with E-state index in [1.54, 1.807) is 12.1 Å². The fourth-order valence-corrected chi connectivity index (χ4v) is 3.71. The summed E-state index contributed by atoms with van der Waals surface area (Å²) < 4.78 is 23.6. The van der Waals surface area contributed by atoms with Crippen LogP contribution in [0, 0.1) is 0 Å². The first kappa shape index (κ1) is 14.4. The molecule has 0 N–H and O–H groups in total. The number of thiophene rings is 1. The van der Waals surface area contributed by atoms with Gasteiger partial charge in [-0.2, -0.15) is 0 Å². The highest BCUT2D eigenvalue weighted by molar-refractivity contribution is 9.10. The van der Waals surface area contributed by atoms with Crippen molar-refractivity contribution in [1.29, 1.82) is 0 Å². The van der Waals surface area contributed by atoms with E-state index in [0.29, 0.717) is 12.0 Å². The standard InChI is InChI=1S/C13H11BrO3S2/c1-19(16,17)10-4-2-9(3-5-10)12(15)8-13-11(14)6-7-18-13/h2-7H,8H2,1H3. The van der Waals surface area contributed by atoms with Gasteiger partial charge in [0.1, 0.15) is 0 Å². The Labute approximate surface area is 124 Å². The third-order valence-corrected chi connectivity index (χ3v) is 5.67. The normalized spacial score (nSPS) is 11.5. The largest absolute Gasteiger partial charge is 0.294 e. The third-order valence-electron chi connectivity index (χ3n) is 2.62. The minimum Gasteiger partial charge on any atom is -0.294 e. The second-order valence-electron chi connectivity index (χ2n) is 4.09. The van der Waals surface area contributed by atoms with E-state index in [0.717, 1.165) is 15.6 Å². The van der Waals surface area contributed by atoms with E-state index < -0.39 is 9.84 Å². The second kappa shape index (κ2) is 5.56. The highest BCUT2D eigenvalue weighted by Gasteiger charge is 2.12. The first-order chi connectivity index (χ1) is 8.88. The molecule has 0 aliphatic carbocycles. The Kier molecular flexibility index (Phi) is 4.23. The van der Waals surface area contributed by atoms with Crippen LogP contribution in [0.1, 0.15) is 15.2 Å². The maximum atomic E-state index is 12.1. The smallest absolute Gasteiger partial charge is 0.175 e. The molecule has 0 radical (unpaired) electrons. The van der Waals surface area contributed by atoms with E-state index >= 15 is 0 Å². The number of carbonyl (C=O) groups excluding carboxylic acids is 1. The number of benzene rings is 1. The molecule has 0 spiro atoms. The highest BCUT2D eigenvalue weighted by atomic mass is 79.9. The van der Waals surface area contributed by atoms with Crippen LogP contribution in [0.2, 0.25) is 0 Å². The molecule has 19 heavy (non-hydrogen) atoms. The number of ketones is 1. The second-order valence-corrected chi connectivity index (χ2v) is 7.96. The molecular weight excluding hydrogens is 348 g/mol. The molecule has 0 saturated carbocycles. The van der Waals surface area contributed by atoms with Crippen molar-refractivity contribution in [1.82, 2.24) is 0 Å². The highest BCUT2D eigenvalue weighted by Crippen LogP contribution is 2.24. The summed E-state index contributed by atoms with van der Waals surface area (Å²) in [4.78, 5) is 13.3. The SMILES string of the molecule is CS(=O)(=O)c1ccc(C(=O)Cc2sccc2Br)cc1. The number of hydrogen-bond donors (Lipinski definition) is 0. The Bertz CT molecular complexity index is 700. The van der Waals surface area contributed by atoms with Crippen LogP contribution in [0.4, 0.5) is 0 Å². The summed E-state index contributed by atoms with van der Waals surface area (Å²) in [6.07, 6.45) is 1.46. The van der Waals surface area contributed by atoms with E-state index in [-0.39, 0.29) is 10.7 Å². The van der Waals surface area contributed by atoms with Crippen LogP contribution in [0.3, 0.4) is 0 Å². The molecule has 1 aromatic carbocycles. The number of hydrogen-bond acceptors (Lipinski definition) is 4. The fourth-order valence-electron chi connectivity index (χ4n) is 1.59. The van der Waals surface area contributed by atoms with Crippen molar-refractivity contribution in [3.05, 3.63) is 50.6 Å². The van der Waals surface area contributed by atoms with Crippen LogP contribution in [0.25, 0.3) is 0 Å². The lowest BCUT2D eigenvalue weighted by Crippen LogP contribution is -2.04. The molecule has 100 valence electrons. The topological polar surface area (TPSA) is 51.2 Å². The lowest BCUT2D eigenvalue weighted by Gasteiger charge is -2.02. The minimum atomic E-state index is -3.22. The molecule has 1 aromatic heterocycles. The molecule has 3 nitrogen and oxygen atoms in total. The molecule has 2 aromatic rings. The molecule has 0 bridgehead atoms. The molecule has 0 fully saturated rings. The Hall–Kier alpha value is -0.980. The molecule has 0 amide bonds. The van der Waals surface area contributed by atoms with Gasteiger partial charge >= 0.3 is 0 Å². The molecular formula is C13H11BrO3S2. The van der Waals surface area contributed by atoms with Gasteiger partial charge in [0.05, 0.1) is 4.90 Å². The average Bonchev–Trinajstić information content (AvgIpc) is 2.74. The van der Waals surface area contributed by atoms with Gasteiger partial charge in [-0.15, -0.1) is 11.3 Å². The molecule has 0 atom stereocenters. The summed E-state index contributed by atoms with van der Waals surface area (Å²) in [7, 11) is -3.22. The van der Waals surface area contributed by atoms with Crippen LogP contribution in [-0.4, -0.2) is 20.5 Å². The van der Waals surface area contributed by atoms with Crippen molar-refractivity contribution in [3.63, 3.8) is 0 Å². The Balaban J connectivity index is 2.19. The molecule has 1 heterocycles. The fraction of sp³-hybridized carbons (Fsp3) is 0.154. The molecule has 0 unspecified atom stereocenters. The van der Waals surface area contributed by atoms with E-state index in [4.69, 9.17) is 0 Å².